The molecule has 8 heteroatoms. The van der Waals surface area contributed by atoms with E-state index in [4.69, 9.17) is 18.9 Å². The van der Waals surface area contributed by atoms with E-state index >= 15 is 0 Å². The van der Waals surface area contributed by atoms with Crippen LogP contribution in [0.5, 0.6) is 0 Å². The van der Waals surface area contributed by atoms with Crippen molar-refractivity contribution in [1.82, 2.24) is 4.90 Å². The Balaban J connectivity index is 1.03. The lowest BCUT2D eigenvalue weighted by Crippen LogP contribution is -2.60. The minimum atomic E-state index is -0.825. The Bertz CT molecular complexity index is 1210. The minimum absolute atomic E-state index is 0.00812. The van der Waals surface area contributed by atoms with Crippen LogP contribution in [-0.2, 0) is 18.9 Å². The van der Waals surface area contributed by atoms with E-state index in [9.17, 15) is 10.2 Å². The number of thioether (sulfide) groups is 1. The van der Waals surface area contributed by atoms with E-state index in [0.717, 1.165) is 51.5 Å². The van der Waals surface area contributed by atoms with E-state index in [2.05, 4.69) is 46.4 Å². The van der Waals surface area contributed by atoms with E-state index in [1.165, 1.54) is 38.5 Å². The van der Waals surface area contributed by atoms with Gasteiger partial charge in [-0.25, -0.2) is 0 Å². The van der Waals surface area contributed by atoms with Crippen molar-refractivity contribution < 1.29 is 29.2 Å². The normalized spacial score (nSPS) is 53.1. The molecule has 3 heterocycles. The SMILES string of the molecule is CCS[C@@H](C1CC(C)C2C(O1)[C@H](O)[C@@]1(C)C3CC[C@H]4C(C)(C)C(O[C@H]5CN(C6COC6)CCO5)CC[C@@]45C[C@@]35CC[C@]21C)C(C)(C)O. The lowest BCUT2D eigenvalue weighted by molar-refractivity contribution is -0.256. The van der Waals surface area contributed by atoms with Gasteiger partial charge < -0.3 is 29.2 Å². The second kappa shape index (κ2) is 11.3. The van der Waals surface area contributed by atoms with Gasteiger partial charge in [0.15, 0.2) is 6.29 Å². The lowest BCUT2D eigenvalue weighted by Gasteiger charge is -2.64. The highest BCUT2D eigenvalue weighted by atomic mass is 32.2. The van der Waals surface area contributed by atoms with E-state index in [1.54, 1.807) is 0 Å². The van der Waals surface area contributed by atoms with E-state index < -0.39 is 11.7 Å². The molecule has 14 atom stereocenters. The van der Waals surface area contributed by atoms with Crippen LogP contribution in [0.1, 0.15) is 107 Å². The Hall–Kier alpha value is 0.0700. The Morgan fingerprint density at radius 2 is 1.74 bits per heavy atom. The number of aliphatic hydroxyl groups is 2. The van der Waals surface area contributed by atoms with E-state index in [-0.39, 0.29) is 46.1 Å². The van der Waals surface area contributed by atoms with Gasteiger partial charge in [-0.1, -0.05) is 41.5 Å². The molecule has 0 aromatic heterocycles. The highest BCUT2D eigenvalue weighted by Crippen LogP contribution is 2.89. The van der Waals surface area contributed by atoms with Crippen molar-refractivity contribution in [2.75, 3.05) is 38.7 Å². The highest BCUT2D eigenvalue weighted by Gasteiger charge is 2.84. The Labute approximate surface area is 288 Å². The molecule has 0 amide bonds. The van der Waals surface area contributed by atoms with Crippen LogP contribution in [0.2, 0.25) is 0 Å². The fourth-order valence-corrected chi connectivity index (χ4v) is 15.5. The summed E-state index contributed by atoms with van der Waals surface area (Å²) in [6.45, 7) is 22.8. The molecule has 2 spiro atoms. The summed E-state index contributed by atoms with van der Waals surface area (Å²) >= 11 is 1.82. The molecule has 268 valence electrons. The zero-order valence-electron chi connectivity index (χ0n) is 30.6. The van der Waals surface area contributed by atoms with Crippen molar-refractivity contribution in [3.8, 4) is 0 Å². The first kappa shape index (κ1) is 34.2. The zero-order valence-corrected chi connectivity index (χ0v) is 31.4. The quantitative estimate of drug-likeness (QED) is 0.334. The average molecular weight is 676 g/mol. The molecular weight excluding hydrogens is 610 g/mol. The van der Waals surface area contributed by atoms with E-state index in [1.807, 2.05) is 25.6 Å². The maximum Gasteiger partial charge on any atom is 0.170 e. The van der Waals surface area contributed by atoms with Crippen LogP contribution in [0, 0.1) is 50.7 Å². The third-order valence-corrected chi connectivity index (χ3v) is 18.2. The van der Waals surface area contributed by atoms with Gasteiger partial charge in [-0.05, 0) is 116 Å². The number of ether oxygens (including phenoxy) is 4. The van der Waals surface area contributed by atoms with Gasteiger partial charge in [-0.3, -0.25) is 4.90 Å². The maximum atomic E-state index is 12.6. The van der Waals surface area contributed by atoms with Crippen LogP contribution in [0.4, 0.5) is 0 Å². The van der Waals surface area contributed by atoms with Gasteiger partial charge in [-0.15, -0.1) is 0 Å². The van der Waals surface area contributed by atoms with Crippen molar-refractivity contribution in [3.05, 3.63) is 0 Å². The van der Waals surface area contributed by atoms with Crippen molar-refractivity contribution >= 4 is 11.8 Å². The van der Waals surface area contributed by atoms with Crippen LogP contribution in [-0.4, -0.2) is 101 Å². The van der Waals surface area contributed by atoms with Crippen LogP contribution in [0.25, 0.3) is 0 Å². The predicted octanol–water partition coefficient (Wildman–Crippen LogP) is 6.13. The van der Waals surface area contributed by atoms with Crippen molar-refractivity contribution in [1.29, 1.82) is 0 Å². The minimum Gasteiger partial charge on any atom is -0.390 e. The van der Waals surface area contributed by atoms with Gasteiger partial charge in [0, 0.05) is 12.0 Å². The smallest absolute Gasteiger partial charge is 0.170 e. The molecule has 6 unspecified atom stereocenters. The van der Waals surface area contributed by atoms with Crippen LogP contribution in [0.15, 0.2) is 0 Å². The monoisotopic (exact) mass is 675 g/mol. The summed E-state index contributed by atoms with van der Waals surface area (Å²) in [5.74, 6) is 2.95. The Morgan fingerprint density at radius 3 is 2.43 bits per heavy atom. The Morgan fingerprint density at radius 1 is 1.02 bits per heavy atom. The molecule has 5 aliphatic carbocycles. The lowest BCUT2D eigenvalue weighted by atomic mass is 9.41. The number of aliphatic hydroxyl groups excluding tert-OH is 1. The summed E-state index contributed by atoms with van der Waals surface area (Å²) < 4.78 is 25.7. The zero-order chi connectivity index (χ0) is 33.4. The molecule has 0 aromatic carbocycles. The summed E-state index contributed by atoms with van der Waals surface area (Å²) in [5.41, 5.74) is -0.133. The molecule has 7 nitrogen and oxygen atoms in total. The molecule has 47 heavy (non-hydrogen) atoms. The molecule has 3 aliphatic heterocycles. The number of hydrogen-bond acceptors (Lipinski definition) is 8. The second-order valence-corrected chi connectivity index (χ2v) is 20.6. The maximum absolute atomic E-state index is 12.6. The standard InChI is InChI=1S/C39H65NO6S/c1-9-47-33(35(5,6)42)25-18-23(2)30-31(45-25)32(41)37(8)27-11-10-26-34(3,4)28(46-29-19-40(16-17-44-29)24-20-43-21-24)12-13-38(26)22-39(27,38)15-14-36(30,37)7/h23-33,41-42H,9-22H2,1-8H3/t23?,25?,26-,27?,28?,29-,30?,31?,32-,33-,36+,37+,38+,39-/m0/s1. The van der Waals surface area contributed by atoms with Crippen molar-refractivity contribution in [2.45, 2.75) is 154 Å². The molecule has 3 saturated heterocycles. The third-order valence-electron chi connectivity index (χ3n) is 16.7. The summed E-state index contributed by atoms with van der Waals surface area (Å²) in [6.07, 6.45) is 9.03. The molecular formula is C39H65NO6S. The highest BCUT2D eigenvalue weighted by molar-refractivity contribution is 8.00. The van der Waals surface area contributed by atoms with Gasteiger partial charge in [-0.2, -0.15) is 11.8 Å². The van der Waals surface area contributed by atoms with E-state index in [0.29, 0.717) is 40.5 Å². The number of nitrogens with zero attached hydrogens (tertiary/aromatic N) is 1. The molecule has 0 aromatic rings. The predicted molar refractivity (Wildman–Crippen MR) is 185 cm³/mol. The van der Waals surface area contributed by atoms with Crippen molar-refractivity contribution in [3.63, 3.8) is 0 Å². The van der Waals surface area contributed by atoms with Gasteiger partial charge >= 0.3 is 0 Å². The summed E-state index contributed by atoms with van der Waals surface area (Å²) in [7, 11) is 0. The Kier molecular flexibility index (Phi) is 8.20. The van der Waals surface area contributed by atoms with Gasteiger partial charge in [0.25, 0.3) is 0 Å². The second-order valence-electron chi connectivity index (χ2n) is 19.2. The first-order valence-corrected chi connectivity index (χ1v) is 20.5. The van der Waals surface area contributed by atoms with Gasteiger partial charge in [0.1, 0.15) is 0 Å². The molecule has 0 bridgehead atoms. The molecule has 8 aliphatic rings. The fraction of sp³-hybridized carbons (Fsp3) is 1.00. The number of morpholine rings is 1. The summed E-state index contributed by atoms with van der Waals surface area (Å²) in [4.78, 5) is 2.51. The summed E-state index contributed by atoms with van der Waals surface area (Å²) in [6, 6.07) is 0.528. The van der Waals surface area contributed by atoms with Crippen LogP contribution < -0.4 is 0 Å². The number of rotatable bonds is 7. The molecule has 8 fully saturated rings. The first-order chi connectivity index (χ1) is 22.1. The van der Waals surface area contributed by atoms with Crippen LogP contribution >= 0.6 is 11.8 Å². The van der Waals surface area contributed by atoms with Crippen molar-refractivity contribution in [2.24, 2.45) is 50.7 Å². The number of hydrogen-bond donors (Lipinski definition) is 2. The number of fused-ring (bicyclic) bond motifs is 4. The molecule has 2 N–H and O–H groups in total. The molecule has 0 radical (unpaired) electrons. The fourth-order valence-electron chi connectivity index (χ4n) is 14.4. The average Bonchev–Trinajstić information content (AvgIpc) is 3.61. The third kappa shape index (κ3) is 4.63. The largest absolute Gasteiger partial charge is 0.390 e. The first-order valence-electron chi connectivity index (χ1n) is 19.4. The topological polar surface area (TPSA) is 80.6 Å². The summed E-state index contributed by atoms with van der Waals surface area (Å²) in [5, 5.41) is 23.8. The van der Waals surface area contributed by atoms with Gasteiger partial charge in [0.2, 0.25) is 0 Å². The molecule has 5 saturated carbocycles. The van der Waals surface area contributed by atoms with Gasteiger partial charge in [0.05, 0.1) is 67.7 Å². The van der Waals surface area contributed by atoms with Crippen LogP contribution in [0.3, 0.4) is 0 Å². The molecule has 8 rings (SSSR count).